The number of hydrogen-bond donors (Lipinski definition) is 3. The Bertz CT molecular complexity index is 213. The molecule has 7 heteroatoms. The van der Waals surface area contributed by atoms with Gasteiger partial charge in [-0.1, -0.05) is 0 Å². The van der Waals surface area contributed by atoms with E-state index in [0.717, 1.165) is 6.07 Å². The summed E-state index contributed by atoms with van der Waals surface area (Å²) in [6, 6.07) is 5.81. The van der Waals surface area contributed by atoms with Crippen LogP contribution in [0.1, 0.15) is 0 Å². The molecule has 0 aromatic heterocycles. The fourth-order valence-electron chi connectivity index (χ4n) is 0.396. The zero-order valence-electron chi connectivity index (χ0n) is 6.91. The van der Waals surface area contributed by atoms with E-state index in [9.17, 15) is 8.78 Å². The van der Waals surface area contributed by atoms with Crippen molar-refractivity contribution < 1.29 is 75.2 Å². The standard InChI is InChI=1S/C6H3F2.BH3O3.K/c7-5-3-1-2-4-6(5)8;2-1(3)4;/h1-3H;2-4H;/q-1;;+1. The van der Waals surface area contributed by atoms with Crippen molar-refractivity contribution in [2.45, 2.75) is 0 Å². The first kappa shape index (κ1) is 16.1. The molecule has 0 aliphatic rings. The van der Waals surface area contributed by atoms with Gasteiger partial charge in [0.1, 0.15) is 0 Å². The van der Waals surface area contributed by atoms with Gasteiger partial charge in [0.15, 0.2) is 0 Å². The molecule has 66 valence electrons. The summed E-state index contributed by atoms with van der Waals surface area (Å²) in [6.45, 7) is 0. The average molecular weight is 214 g/mol. The smallest absolute Gasteiger partial charge is 0.402 e. The van der Waals surface area contributed by atoms with Crippen LogP contribution in [0.2, 0.25) is 0 Å². The van der Waals surface area contributed by atoms with Gasteiger partial charge in [-0.2, -0.15) is 12.1 Å². The van der Waals surface area contributed by atoms with Gasteiger partial charge < -0.3 is 15.1 Å². The van der Waals surface area contributed by atoms with Gasteiger partial charge in [-0.3, -0.25) is 4.39 Å². The summed E-state index contributed by atoms with van der Waals surface area (Å²) in [5, 5.41) is 21.5. The van der Waals surface area contributed by atoms with Crippen molar-refractivity contribution in [3.63, 3.8) is 0 Å². The summed E-state index contributed by atoms with van der Waals surface area (Å²) in [5.41, 5.74) is 0. The van der Waals surface area contributed by atoms with Gasteiger partial charge in [-0.15, -0.1) is 12.1 Å². The van der Waals surface area contributed by atoms with E-state index in [0.29, 0.717) is 0 Å². The van der Waals surface area contributed by atoms with Crippen molar-refractivity contribution >= 4 is 7.32 Å². The number of rotatable bonds is 0. The first-order chi connectivity index (χ1) is 5.54. The van der Waals surface area contributed by atoms with E-state index in [4.69, 9.17) is 15.1 Å². The summed E-state index contributed by atoms with van der Waals surface area (Å²) in [7, 11) is -2.17. The Balaban J connectivity index is 0. The first-order valence-electron chi connectivity index (χ1n) is 2.90. The van der Waals surface area contributed by atoms with Crippen molar-refractivity contribution in [2.75, 3.05) is 0 Å². The van der Waals surface area contributed by atoms with E-state index >= 15 is 0 Å². The Morgan fingerprint density at radius 3 is 1.92 bits per heavy atom. The van der Waals surface area contributed by atoms with Crippen molar-refractivity contribution in [2.24, 2.45) is 0 Å². The molecule has 0 amide bonds. The Morgan fingerprint density at radius 2 is 1.69 bits per heavy atom. The van der Waals surface area contributed by atoms with E-state index in [-0.39, 0.29) is 51.4 Å². The molecule has 0 unspecified atom stereocenters. The van der Waals surface area contributed by atoms with Crippen LogP contribution in [0.15, 0.2) is 18.2 Å². The predicted molar refractivity (Wildman–Crippen MR) is 37.6 cm³/mol. The Kier molecular flexibility index (Phi) is 11.4. The van der Waals surface area contributed by atoms with E-state index in [1.54, 1.807) is 0 Å². The molecule has 0 saturated carbocycles. The van der Waals surface area contributed by atoms with E-state index in [1.165, 1.54) is 12.1 Å². The fourth-order valence-corrected chi connectivity index (χ4v) is 0.396. The maximum Gasteiger partial charge on any atom is 1.00 e. The van der Waals surface area contributed by atoms with Crippen LogP contribution in [0.25, 0.3) is 0 Å². The van der Waals surface area contributed by atoms with Gasteiger partial charge in [-0.05, 0) is 0 Å². The minimum Gasteiger partial charge on any atom is -0.402 e. The zero-order valence-corrected chi connectivity index (χ0v) is 10.0. The minimum absolute atomic E-state index is 0. The average Bonchev–Trinajstić information content (AvgIpc) is 1.94. The van der Waals surface area contributed by atoms with E-state index < -0.39 is 19.0 Å². The van der Waals surface area contributed by atoms with Crippen molar-refractivity contribution in [1.82, 2.24) is 0 Å². The maximum absolute atomic E-state index is 11.9. The summed E-state index contributed by atoms with van der Waals surface area (Å²) >= 11 is 0. The monoisotopic (exact) mass is 214 g/mol. The third-order valence-corrected chi connectivity index (χ3v) is 0.759. The van der Waals surface area contributed by atoms with Crippen molar-refractivity contribution in [3.05, 3.63) is 35.9 Å². The second-order valence-electron chi connectivity index (χ2n) is 1.68. The Labute approximate surface area is 117 Å². The van der Waals surface area contributed by atoms with E-state index in [1.807, 2.05) is 0 Å². The second kappa shape index (κ2) is 9.23. The van der Waals surface area contributed by atoms with Gasteiger partial charge in [0.2, 0.25) is 0 Å². The molecule has 1 rings (SSSR count). The van der Waals surface area contributed by atoms with Crippen LogP contribution in [0.3, 0.4) is 0 Å². The molecular weight excluding hydrogens is 208 g/mol. The molecule has 0 heterocycles. The van der Waals surface area contributed by atoms with Crippen LogP contribution >= 0.6 is 0 Å². The van der Waals surface area contributed by atoms with Crippen molar-refractivity contribution in [1.29, 1.82) is 0 Å². The number of hydrogen-bond acceptors (Lipinski definition) is 3. The molecule has 13 heavy (non-hydrogen) atoms. The summed E-state index contributed by atoms with van der Waals surface area (Å²) in [5.74, 6) is -1.78. The Hall–Kier alpha value is 0.661. The van der Waals surface area contributed by atoms with Crippen LogP contribution in [0.4, 0.5) is 8.78 Å². The molecule has 0 bridgehead atoms. The molecule has 1 aromatic carbocycles. The molecule has 0 spiro atoms. The van der Waals surface area contributed by atoms with Crippen LogP contribution in [0.5, 0.6) is 0 Å². The zero-order chi connectivity index (χ0) is 9.56. The quantitative estimate of drug-likeness (QED) is 0.313. The summed E-state index contributed by atoms with van der Waals surface area (Å²) in [4.78, 5) is 0. The predicted octanol–water partition coefficient (Wildman–Crippen LogP) is -3.28. The summed E-state index contributed by atoms with van der Waals surface area (Å²) in [6.07, 6.45) is 0. The molecule has 0 aliphatic heterocycles. The van der Waals surface area contributed by atoms with Crippen LogP contribution < -0.4 is 51.4 Å². The van der Waals surface area contributed by atoms with E-state index in [2.05, 4.69) is 6.07 Å². The topological polar surface area (TPSA) is 60.7 Å². The normalized spacial score (nSPS) is 7.77. The maximum atomic E-state index is 11.9. The summed E-state index contributed by atoms with van der Waals surface area (Å²) < 4.78 is 23.8. The molecular formula is C6H6BF2KO3. The number of benzene rings is 1. The first-order valence-corrected chi connectivity index (χ1v) is 2.90. The second-order valence-corrected chi connectivity index (χ2v) is 1.68. The Morgan fingerprint density at radius 1 is 1.23 bits per heavy atom. The van der Waals surface area contributed by atoms with Gasteiger partial charge in [0, 0.05) is 11.6 Å². The molecule has 0 aliphatic carbocycles. The van der Waals surface area contributed by atoms with Crippen LogP contribution in [-0.2, 0) is 0 Å². The van der Waals surface area contributed by atoms with Gasteiger partial charge >= 0.3 is 58.7 Å². The van der Waals surface area contributed by atoms with Gasteiger partial charge in [0.05, 0.1) is 0 Å². The number of halogens is 2. The van der Waals surface area contributed by atoms with Crippen molar-refractivity contribution in [3.8, 4) is 0 Å². The molecule has 1 aromatic rings. The molecule has 3 N–H and O–H groups in total. The molecule has 0 saturated heterocycles. The largest absolute Gasteiger partial charge is 1.00 e. The van der Waals surface area contributed by atoms with Gasteiger partial charge in [0.25, 0.3) is 0 Å². The molecule has 0 fully saturated rings. The molecule has 3 nitrogen and oxygen atoms in total. The fraction of sp³-hybridized carbons (Fsp3) is 0. The van der Waals surface area contributed by atoms with Crippen LogP contribution in [0, 0.1) is 17.7 Å². The van der Waals surface area contributed by atoms with Gasteiger partial charge in [-0.25, -0.2) is 4.39 Å². The minimum atomic E-state index is -2.17. The molecule has 0 atom stereocenters. The third kappa shape index (κ3) is 10.6. The SMILES string of the molecule is Fc1[c-]cccc1F.OB(O)O.[K+]. The van der Waals surface area contributed by atoms with Crippen LogP contribution in [-0.4, -0.2) is 22.4 Å². The molecule has 0 radical (unpaired) electrons. The third-order valence-electron chi connectivity index (χ3n) is 0.759.